The molecular formula is C21H26N2O4. The van der Waals surface area contributed by atoms with Gasteiger partial charge in [0.15, 0.2) is 11.5 Å². The van der Waals surface area contributed by atoms with Gasteiger partial charge in [-0.25, -0.2) is 0 Å². The number of pyridine rings is 1. The molecule has 0 unspecified atom stereocenters. The van der Waals surface area contributed by atoms with Gasteiger partial charge in [-0.05, 0) is 55.5 Å². The molecule has 0 radical (unpaired) electrons. The number of para-hydroxylation sites is 1. The maximum Gasteiger partial charge on any atom is 0.224 e. The van der Waals surface area contributed by atoms with Gasteiger partial charge in [-0.3, -0.25) is 9.78 Å². The zero-order chi connectivity index (χ0) is 19.1. The van der Waals surface area contributed by atoms with E-state index in [-0.39, 0.29) is 18.1 Å². The van der Waals surface area contributed by atoms with E-state index in [9.17, 15) is 4.79 Å². The topological polar surface area (TPSA) is 69.7 Å². The van der Waals surface area contributed by atoms with E-state index in [1.165, 1.54) is 0 Å². The second-order valence-electron chi connectivity index (χ2n) is 6.68. The maximum absolute atomic E-state index is 12.2. The summed E-state index contributed by atoms with van der Waals surface area (Å²) in [6.45, 7) is 0. The van der Waals surface area contributed by atoms with Crippen molar-refractivity contribution < 1.29 is 19.0 Å². The number of carbonyl (C=O) groups is 1. The fourth-order valence-electron chi connectivity index (χ4n) is 3.42. The minimum atomic E-state index is 0.0556. The summed E-state index contributed by atoms with van der Waals surface area (Å²) in [5, 5.41) is 3.13. The predicted octanol–water partition coefficient (Wildman–Crippen LogP) is 3.15. The van der Waals surface area contributed by atoms with Crippen LogP contribution in [0.4, 0.5) is 0 Å². The highest BCUT2D eigenvalue weighted by Crippen LogP contribution is 2.38. The van der Waals surface area contributed by atoms with E-state index in [0.29, 0.717) is 23.7 Å². The number of aromatic nitrogens is 1. The lowest BCUT2D eigenvalue weighted by Gasteiger charge is -2.30. The number of nitrogens with zero attached hydrogens (tertiary/aromatic N) is 1. The van der Waals surface area contributed by atoms with E-state index in [2.05, 4.69) is 10.3 Å². The molecule has 1 N–H and O–H groups in total. The summed E-state index contributed by atoms with van der Waals surface area (Å²) < 4.78 is 16.9. The summed E-state index contributed by atoms with van der Waals surface area (Å²) in [5.74, 6) is 2.03. The first-order valence-corrected chi connectivity index (χ1v) is 9.25. The zero-order valence-electron chi connectivity index (χ0n) is 15.8. The van der Waals surface area contributed by atoms with Gasteiger partial charge in [-0.15, -0.1) is 0 Å². The molecule has 27 heavy (non-hydrogen) atoms. The van der Waals surface area contributed by atoms with Gasteiger partial charge >= 0.3 is 0 Å². The van der Waals surface area contributed by atoms with E-state index in [1.807, 2.05) is 30.3 Å². The van der Waals surface area contributed by atoms with Crippen molar-refractivity contribution in [1.29, 1.82) is 0 Å². The Labute approximate surface area is 159 Å². The van der Waals surface area contributed by atoms with Crippen molar-refractivity contribution in [2.45, 2.75) is 44.2 Å². The van der Waals surface area contributed by atoms with Crippen LogP contribution in [0.5, 0.6) is 17.2 Å². The summed E-state index contributed by atoms with van der Waals surface area (Å²) in [7, 11) is 3.22. The number of nitrogens with one attached hydrogen (secondary N) is 1. The lowest BCUT2D eigenvalue weighted by molar-refractivity contribution is -0.121. The molecule has 1 aliphatic carbocycles. The molecule has 3 rings (SSSR count). The van der Waals surface area contributed by atoms with E-state index in [1.54, 1.807) is 26.6 Å². The van der Waals surface area contributed by atoms with Crippen LogP contribution in [0.2, 0.25) is 0 Å². The summed E-state index contributed by atoms with van der Waals surface area (Å²) in [6, 6.07) is 9.57. The normalized spacial score (nSPS) is 19.2. The van der Waals surface area contributed by atoms with Crippen molar-refractivity contribution in [2.75, 3.05) is 14.2 Å². The Hall–Kier alpha value is -2.76. The average molecular weight is 370 g/mol. The van der Waals surface area contributed by atoms with Crippen molar-refractivity contribution in [1.82, 2.24) is 10.3 Å². The molecule has 1 aromatic carbocycles. The van der Waals surface area contributed by atoms with Crippen LogP contribution in [0.1, 0.15) is 31.2 Å². The highest BCUT2D eigenvalue weighted by Gasteiger charge is 2.25. The number of benzene rings is 1. The Balaban J connectivity index is 1.49. The molecule has 6 heteroatoms. The highest BCUT2D eigenvalue weighted by molar-refractivity contribution is 5.78. The van der Waals surface area contributed by atoms with Crippen LogP contribution < -0.4 is 19.5 Å². The Morgan fingerprint density at radius 1 is 1.04 bits per heavy atom. The maximum atomic E-state index is 12.2. The van der Waals surface area contributed by atoms with Crippen LogP contribution in [0, 0.1) is 0 Å². The van der Waals surface area contributed by atoms with E-state index in [4.69, 9.17) is 14.2 Å². The summed E-state index contributed by atoms with van der Waals surface area (Å²) >= 11 is 0. The molecule has 0 spiro atoms. The van der Waals surface area contributed by atoms with Gasteiger partial charge in [0.05, 0.1) is 26.7 Å². The second kappa shape index (κ2) is 9.26. The first-order chi connectivity index (χ1) is 13.2. The number of amides is 1. The molecule has 0 bridgehead atoms. The molecule has 1 amide bonds. The fourth-order valence-corrected chi connectivity index (χ4v) is 3.42. The number of hydrogen-bond donors (Lipinski definition) is 1. The smallest absolute Gasteiger partial charge is 0.224 e. The Kier molecular flexibility index (Phi) is 6.52. The number of methoxy groups -OCH3 is 2. The molecule has 1 aromatic heterocycles. The molecular weight excluding hydrogens is 344 g/mol. The molecule has 6 nitrogen and oxygen atoms in total. The molecule has 0 atom stereocenters. The van der Waals surface area contributed by atoms with Gasteiger partial charge in [0.1, 0.15) is 0 Å². The molecule has 2 aromatic rings. The third-order valence-electron chi connectivity index (χ3n) is 4.81. The van der Waals surface area contributed by atoms with Gasteiger partial charge < -0.3 is 19.5 Å². The van der Waals surface area contributed by atoms with Crippen molar-refractivity contribution >= 4 is 5.91 Å². The quantitative estimate of drug-likeness (QED) is 0.811. The largest absolute Gasteiger partial charge is 0.493 e. The fraction of sp³-hybridized carbons (Fsp3) is 0.429. The van der Waals surface area contributed by atoms with Crippen LogP contribution >= 0.6 is 0 Å². The van der Waals surface area contributed by atoms with Gasteiger partial charge in [0, 0.05) is 18.4 Å². The van der Waals surface area contributed by atoms with Gasteiger partial charge in [-0.1, -0.05) is 6.07 Å². The van der Waals surface area contributed by atoms with Gasteiger partial charge in [0.2, 0.25) is 11.7 Å². The van der Waals surface area contributed by atoms with Crippen molar-refractivity contribution in [3.8, 4) is 17.2 Å². The van der Waals surface area contributed by atoms with Crippen LogP contribution in [0.3, 0.4) is 0 Å². The summed E-state index contributed by atoms with van der Waals surface area (Å²) in [6.07, 6.45) is 7.49. The average Bonchev–Trinajstić information content (AvgIpc) is 2.70. The monoisotopic (exact) mass is 370 g/mol. The minimum absolute atomic E-state index is 0.0556. The summed E-state index contributed by atoms with van der Waals surface area (Å²) in [4.78, 5) is 16.2. The number of hydrogen-bond acceptors (Lipinski definition) is 5. The molecule has 1 saturated carbocycles. The van der Waals surface area contributed by atoms with E-state index < -0.39 is 0 Å². The minimum Gasteiger partial charge on any atom is -0.493 e. The number of ether oxygens (including phenoxy) is 3. The third-order valence-corrected chi connectivity index (χ3v) is 4.81. The Bertz CT molecular complexity index is 743. The lowest BCUT2D eigenvalue weighted by atomic mass is 9.92. The van der Waals surface area contributed by atoms with Gasteiger partial charge in [0.25, 0.3) is 0 Å². The van der Waals surface area contributed by atoms with Gasteiger partial charge in [-0.2, -0.15) is 0 Å². The number of carbonyl (C=O) groups excluding carboxylic acids is 1. The highest BCUT2D eigenvalue weighted by atomic mass is 16.5. The first-order valence-electron chi connectivity index (χ1n) is 9.25. The van der Waals surface area contributed by atoms with Crippen LogP contribution in [-0.2, 0) is 11.2 Å². The molecule has 0 saturated heterocycles. The Morgan fingerprint density at radius 2 is 1.74 bits per heavy atom. The van der Waals surface area contributed by atoms with Crippen molar-refractivity contribution in [2.24, 2.45) is 0 Å². The SMILES string of the molecule is COc1cccc(OC2CCC(NC(=O)Cc3ccncc3)CC2)c1OC. The molecule has 1 heterocycles. The lowest BCUT2D eigenvalue weighted by Crippen LogP contribution is -2.40. The molecule has 1 aliphatic rings. The Morgan fingerprint density at radius 3 is 2.41 bits per heavy atom. The van der Waals surface area contributed by atoms with Crippen LogP contribution in [-0.4, -0.2) is 37.3 Å². The van der Waals surface area contributed by atoms with Crippen molar-refractivity contribution in [3.05, 3.63) is 48.3 Å². The molecule has 0 aliphatic heterocycles. The number of rotatable bonds is 7. The molecule has 1 fully saturated rings. The van der Waals surface area contributed by atoms with Crippen LogP contribution in [0.25, 0.3) is 0 Å². The first kappa shape index (κ1) is 19.0. The third kappa shape index (κ3) is 5.12. The van der Waals surface area contributed by atoms with Crippen molar-refractivity contribution in [3.63, 3.8) is 0 Å². The molecule has 144 valence electrons. The van der Waals surface area contributed by atoms with Crippen LogP contribution in [0.15, 0.2) is 42.7 Å². The predicted molar refractivity (Wildman–Crippen MR) is 102 cm³/mol. The second-order valence-corrected chi connectivity index (χ2v) is 6.68. The zero-order valence-corrected chi connectivity index (χ0v) is 15.8. The standard InChI is InChI=1S/C21H26N2O4/c1-25-18-4-3-5-19(21(18)26-2)27-17-8-6-16(7-9-17)23-20(24)14-15-10-12-22-13-11-15/h3-5,10-13,16-17H,6-9,14H2,1-2H3,(H,23,24). The van der Waals surface area contributed by atoms with E-state index >= 15 is 0 Å². The summed E-state index contributed by atoms with van der Waals surface area (Å²) in [5.41, 5.74) is 0.977. The van der Waals surface area contributed by atoms with E-state index in [0.717, 1.165) is 31.2 Å².